The van der Waals surface area contributed by atoms with E-state index in [1.807, 2.05) is 0 Å². The Balaban J connectivity index is 1.83. The van der Waals surface area contributed by atoms with Crippen molar-refractivity contribution in [3.63, 3.8) is 0 Å². The summed E-state index contributed by atoms with van der Waals surface area (Å²) in [5, 5.41) is 12.9. The summed E-state index contributed by atoms with van der Waals surface area (Å²) < 4.78 is 0. The number of nitrogens with one attached hydrogen (secondary N) is 1. The maximum absolute atomic E-state index is 9.50. The average Bonchev–Trinajstić information content (AvgIpc) is 2.94. The van der Waals surface area contributed by atoms with E-state index >= 15 is 0 Å². The molecule has 2 fully saturated rings. The molecule has 1 saturated heterocycles. The maximum atomic E-state index is 9.50. The summed E-state index contributed by atoms with van der Waals surface area (Å²) in [6.45, 7) is 9.91. The lowest BCUT2D eigenvalue weighted by Crippen LogP contribution is -2.50. The van der Waals surface area contributed by atoms with Crippen molar-refractivity contribution in [1.29, 1.82) is 5.26 Å². The highest BCUT2D eigenvalue weighted by Gasteiger charge is 2.38. The Morgan fingerprint density at radius 1 is 1.24 bits per heavy atom. The van der Waals surface area contributed by atoms with Gasteiger partial charge in [0.1, 0.15) is 5.54 Å². The van der Waals surface area contributed by atoms with E-state index in [0.29, 0.717) is 11.5 Å². The zero-order valence-electron chi connectivity index (χ0n) is 14.2. The Hall–Kier alpha value is -0.590. The minimum Gasteiger partial charge on any atom is -0.301 e. The van der Waals surface area contributed by atoms with Crippen LogP contribution in [-0.4, -0.2) is 36.1 Å². The predicted molar refractivity (Wildman–Crippen MR) is 88.1 cm³/mol. The molecule has 0 aromatic heterocycles. The quantitative estimate of drug-likeness (QED) is 0.811. The van der Waals surface area contributed by atoms with Crippen LogP contribution in [0.5, 0.6) is 0 Å². The molecule has 1 spiro atoms. The lowest BCUT2D eigenvalue weighted by Gasteiger charge is -2.43. The predicted octanol–water partition coefficient (Wildman–Crippen LogP) is 3.70. The van der Waals surface area contributed by atoms with Gasteiger partial charge >= 0.3 is 0 Å². The third kappa shape index (κ3) is 4.20. The summed E-state index contributed by atoms with van der Waals surface area (Å²) in [6, 6.07) is 2.99. The van der Waals surface area contributed by atoms with Crippen molar-refractivity contribution in [2.24, 2.45) is 5.41 Å². The van der Waals surface area contributed by atoms with Crippen LogP contribution in [0.2, 0.25) is 0 Å². The number of likely N-dealkylation sites (tertiary alicyclic amines) is 1. The van der Waals surface area contributed by atoms with Gasteiger partial charge in [-0.2, -0.15) is 5.26 Å². The second kappa shape index (κ2) is 7.11. The lowest BCUT2D eigenvalue weighted by molar-refractivity contribution is 0.0718. The van der Waals surface area contributed by atoms with Crippen LogP contribution >= 0.6 is 0 Å². The smallest absolute Gasteiger partial charge is 0.105 e. The van der Waals surface area contributed by atoms with Crippen molar-refractivity contribution in [1.82, 2.24) is 10.2 Å². The standard InChI is InChI=1S/C18H33N3/c1-4-11-20-17(3,15-19)14-16(2)21-12-9-18(10-13-21)7-5-6-8-18/h16,20H,4-14H2,1-3H3. The average molecular weight is 291 g/mol. The molecule has 0 radical (unpaired) electrons. The largest absolute Gasteiger partial charge is 0.301 e. The third-order valence-corrected chi connectivity index (χ3v) is 5.86. The summed E-state index contributed by atoms with van der Waals surface area (Å²) in [7, 11) is 0. The fraction of sp³-hybridized carbons (Fsp3) is 0.944. The van der Waals surface area contributed by atoms with Crippen LogP contribution in [0.1, 0.15) is 72.1 Å². The van der Waals surface area contributed by atoms with E-state index in [1.165, 1.54) is 51.6 Å². The van der Waals surface area contributed by atoms with E-state index in [9.17, 15) is 5.26 Å². The van der Waals surface area contributed by atoms with Gasteiger partial charge in [0, 0.05) is 6.04 Å². The van der Waals surface area contributed by atoms with Gasteiger partial charge in [-0.25, -0.2) is 0 Å². The molecule has 2 aliphatic rings. The lowest BCUT2D eigenvalue weighted by atomic mass is 9.76. The van der Waals surface area contributed by atoms with Gasteiger partial charge in [-0.3, -0.25) is 5.32 Å². The first-order chi connectivity index (χ1) is 10.0. The monoisotopic (exact) mass is 291 g/mol. The minimum absolute atomic E-state index is 0.377. The normalized spacial score (nSPS) is 26.4. The Morgan fingerprint density at radius 2 is 1.86 bits per heavy atom. The second-order valence-electron chi connectivity index (χ2n) is 7.67. The molecule has 21 heavy (non-hydrogen) atoms. The van der Waals surface area contributed by atoms with Crippen LogP contribution in [0, 0.1) is 16.7 Å². The Labute approximate surface area is 131 Å². The summed E-state index contributed by atoms with van der Waals surface area (Å²) in [6.07, 6.45) is 10.6. The van der Waals surface area contributed by atoms with Crippen molar-refractivity contribution in [3.8, 4) is 6.07 Å². The second-order valence-corrected chi connectivity index (χ2v) is 7.67. The van der Waals surface area contributed by atoms with E-state index in [4.69, 9.17) is 0 Å². The highest BCUT2D eigenvalue weighted by Crippen LogP contribution is 2.46. The van der Waals surface area contributed by atoms with Gasteiger partial charge in [-0.1, -0.05) is 19.8 Å². The number of nitriles is 1. The number of piperidine rings is 1. The third-order valence-electron chi connectivity index (χ3n) is 5.86. The van der Waals surface area contributed by atoms with Crippen molar-refractivity contribution in [3.05, 3.63) is 0 Å². The van der Waals surface area contributed by atoms with Crippen LogP contribution in [0.4, 0.5) is 0 Å². The van der Waals surface area contributed by atoms with E-state index in [1.54, 1.807) is 0 Å². The van der Waals surface area contributed by atoms with Crippen molar-refractivity contribution in [2.45, 2.75) is 83.7 Å². The van der Waals surface area contributed by atoms with Gasteiger partial charge < -0.3 is 4.90 Å². The molecule has 1 saturated carbocycles. The van der Waals surface area contributed by atoms with Crippen LogP contribution in [0.25, 0.3) is 0 Å². The molecule has 2 rings (SSSR count). The highest BCUT2D eigenvalue weighted by atomic mass is 15.2. The zero-order chi connectivity index (χ0) is 15.3. The molecular weight excluding hydrogens is 258 g/mol. The molecule has 0 amide bonds. The number of hydrogen-bond donors (Lipinski definition) is 1. The van der Waals surface area contributed by atoms with E-state index < -0.39 is 0 Å². The molecule has 3 heteroatoms. The topological polar surface area (TPSA) is 39.1 Å². The molecule has 0 bridgehead atoms. The Bertz CT molecular complexity index is 357. The van der Waals surface area contributed by atoms with Crippen LogP contribution < -0.4 is 5.32 Å². The summed E-state index contributed by atoms with van der Waals surface area (Å²) in [5.74, 6) is 0. The van der Waals surface area contributed by atoms with E-state index in [2.05, 4.69) is 37.1 Å². The molecule has 3 nitrogen and oxygen atoms in total. The Kier molecular flexibility index (Phi) is 5.68. The van der Waals surface area contributed by atoms with E-state index in [-0.39, 0.29) is 5.54 Å². The first kappa shape index (κ1) is 16.8. The summed E-state index contributed by atoms with van der Waals surface area (Å²) >= 11 is 0. The number of nitrogens with zero attached hydrogens (tertiary/aromatic N) is 2. The summed E-state index contributed by atoms with van der Waals surface area (Å²) in [5.41, 5.74) is 0.313. The maximum Gasteiger partial charge on any atom is 0.105 e. The molecule has 2 unspecified atom stereocenters. The van der Waals surface area contributed by atoms with Crippen molar-refractivity contribution in [2.75, 3.05) is 19.6 Å². The summed E-state index contributed by atoms with van der Waals surface area (Å²) in [4.78, 5) is 2.62. The molecule has 2 atom stereocenters. The number of rotatable bonds is 6. The molecule has 1 aliphatic heterocycles. The SMILES string of the molecule is CCCNC(C)(C#N)CC(C)N1CCC2(CCCC2)CC1. The molecule has 1 aliphatic carbocycles. The zero-order valence-corrected chi connectivity index (χ0v) is 14.2. The van der Waals surface area contributed by atoms with Gasteiger partial charge in [-0.15, -0.1) is 0 Å². The fourth-order valence-electron chi connectivity index (χ4n) is 4.34. The van der Waals surface area contributed by atoms with Crippen molar-refractivity contribution >= 4 is 0 Å². The van der Waals surface area contributed by atoms with Gasteiger partial charge in [0.05, 0.1) is 6.07 Å². The number of hydrogen-bond acceptors (Lipinski definition) is 3. The highest BCUT2D eigenvalue weighted by molar-refractivity contribution is 5.05. The first-order valence-corrected chi connectivity index (χ1v) is 8.93. The molecule has 120 valence electrons. The molecule has 0 aromatic rings. The Morgan fingerprint density at radius 3 is 2.38 bits per heavy atom. The molecular formula is C18H33N3. The van der Waals surface area contributed by atoms with Gasteiger partial charge in [0.25, 0.3) is 0 Å². The fourth-order valence-corrected chi connectivity index (χ4v) is 4.34. The van der Waals surface area contributed by atoms with E-state index in [0.717, 1.165) is 19.4 Å². The molecule has 1 N–H and O–H groups in total. The van der Waals surface area contributed by atoms with Gasteiger partial charge in [-0.05, 0) is 77.4 Å². The van der Waals surface area contributed by atoms with Crippen LogP contribution in [-0.2, 0) is 0 Å². The van der Waals surface area contributed by atoms with Crippen LogP contribution in [0.3, 0.4) is 0 Å². The van der Waals surface area contributed by atoms with Gasteiger partial charge in [0.2, 0.25) is 0 Å². The first-order valence-electron chi connectivity index (χ1n) is 8.93. The molecule has 1 heterocycles. The van der Waals surface area contributed by atoms with Gasteiger partial charge in [0.15, 0.2) is 0 Å². The van der Waals surface area contributed by atoms with Crippen LogP contribution in [0.15, 0.2) is 0 Å². The molecule has 0 aromatic carbocycles. The van der Waals surface area contributed by atoms with Crippen molar-refractivity contribution < 1.29 is 0 Å². The minimum atomic E-state index is -0.377.